The maximum Gasteiger partial charge on any atom is 0.243 e. The van der Waals surface area contributed by atoms with Crippen molar-refractivity contribution in [2.75, 3.05) is 14.1 Å². The molecule has 31 heavy (non-hydrogen) atoms. The molecule has 1 heterocycles. The van der Waals surface area contributed by atoms with Crippen molar-refractivity contribution in [2.45, 2.75) is 44.8 Å². The molecule has 8 heteroatoms. The quantitative estimate of drug-likeness (QED) is 0.431. The van der Waals surface area contributed by atoms with Gasteiger partial charge in [0.25, 0.3) is 0 Å². The molecular formula is C23H30N4O3S. The third kappa shape index (κ3) is 5.08. The topological polar surface area (TPSA) is 86.9 Å². The SMILES string of the molecule is CN=C(NCc1ccc(S(=O)(=O)N(C)C(C)C)cc1)NCc1oc2ccccc2c1C. The van der Waals surface area contributed by atoms with E-state index in [-0.39, 0.29) is 10.9 Å². The number of aliphatic imine (C=N–C) groups is 1. The minimum absolute atomic E-state index is 0.101. The molecule has 0 amide bonds. The number of nitrogens with one attached hydrogen (secondary N) is 2. The molecule has 0 fully saturated rings. The molecule has 0 spiro atoms. The second-order valence-corrected chi connectivity index (χ2v) is 9.68. The Morgan fingerprint density at radius 1 is 1.06 bits per heavy atom. The van der Waals surface area contributed by atoms with Gasteiger partial charge in [-0.3, -0.25) is 4.99 Å². The van der Waals surface area contributed by atoms with Crippen LogP contribution >= 0.6 is 0 Å². The highest BCUT2D eigenvalue weighted by Crippen LogP contribution is 2.24. The molecule has 0 saturated carbocycles. The first-order chi connectivity index (χ1) is 14.7. The standard InChI is InChI=1S/C23H30N4O3S/c1-16(2)27(5)31(28,29)19-12-10-18(11-13-19)14-25-23(24-4)26-15-22-17(3)20-8-6-7-9-21(20)30-22/h6-13,16H,14-15H2,1-5H3,(H2,24,25,26). The second kappa shape index (κ2) is 9.53. The van der Waals surface area contributed by atoms with E-state index < -0.39 is 10.0 Å². The summed E-state index contributed by atoms with van der Waals surface area (Å²) in [5.41, 5.74) is 2.94. The largest absolute Gasteiger partial charge is 0.459 e. The van der Waals surface area contributed by atoms with Gasteiger partial charge in [-0.25, -0.2) is 8.42 Å². The molecule has 2 aromatic carbocycles. The van der Waals surface area contributed by atoms with Gasteiger partial charge < -0.3 is 15.1 Å². The second-order valence-electron chi connectivity index (χ2n) is 7.68. The van der Waals surface area contributed by atoms with Crippen molar-refractivity contribution in [1.29, 1.82) is 0 Å². The number of sulfonamides is 1. The zero-order valence-electron chi connectivity index (χ0n) is 18.6. The van der Waals surface area contributed by atoms with Crippen molar-refractivity contribution >= 4 is 27.0 Å². The third-order valence-electron chi connectivity index (χ3n) is 5.37. The van der Waals surface area contributed by atoms with Crippen LogP contribution in [0.2, 0.25) is 0 Å². The minimum Gasteiger partial charge on any atom is -0.459 e. The Morgan fingerprint density at radius 2 is 1.71 bits per heavy atom. The van der Waals surface area contributed by atoms with Crippen LogP contribution in [0.1, 0.15) is 30.7 Å². The molecule has 0 atom stereocenters. The first kappa shape index (κ1) is 22.8. The first-order valence-electron chi connectivity index (χ1n) is 10.2. The summed E-state index contributed by atoms with van der Waals surface area (Å²) in [7, 11) is -0.180. The maximum absolute atomic E-state index is 12.6. The van der Waals surface area contributed by atoms with Crippen LogP contribution in [0, 0.1) is 6.92 Å². The third-order valence-corrected chi connectivity index (χ3v) is 7.42. The van der Waals surface area contributed by atoms with Crippen molar-refractivity contribution in [3.63, 3.8) is 0 Å². The Morgan fingerprint density at radius 3 is 2.32 bits per heavy atom. The molecule has 166 valence electrons. The minimum atomic E-state index is -3.48. The molecule has 0 aliphatic rings. The fourth-order valence-corrected chi connectivity index (χ4v) is 4.55. The van der Waals surface area contributed by atoms with E-state index in [0.717, 1.165) is 27.9 Å². The fourth-order valence-electron chi connectivity index (χ4n) is 3.19. The molecule has 0 radical (unpaired) electrons. The number of para-hydroxylation sites is 1. The lowest BCUT2D eigenvalue weighted by molar-refractivity contribution is 0.410. The van der Waals surface area contributed by atoms with E-state index >= 15 is 0 Å². The Kier molecular flexibility index (Phi) is 7.02. The van der Waals surface area contributed by atoms with Crippen LogP contribution < -0.4 is 10.6 Å². The Bertz CT molecular complexity index is 1170. The van der Waals surface area contributed by atoms with Gasteiger partial charge in [0.1, 0.15) is 11.3 Å². The lowest BCUT2D eigenvalue weighted by Gasteiger charge is -2.21. The number of hydrogen-bond acceptors (Lipinski definition) is 4. The normalized spacial score (nSPS) is 12.7. The number of furan rings is 1. The van der Waals surface area contributed by atoms with Crippen molar-refractivity contribution in [3.8, 4) is 0 Å². The molecule has 0 aliphatic carbocycles. The first-order valence-corrected chi connectivity index (χ1v) is 11.7. The molecular weight excluding hydrogens is 412 g/mol. The average Bonchev–Trinajstić information content (AvgIpc) is 3.09. The van der Waals surface area contributed by atoms with Gasteiger partial charge in [-0.1, -0.05) is 30.3 Å². The molecule has 0 saturated heterocycles. The lowest BCUT2D eigenvalue weighted by Crippen LogP contribution is -2.36. The average molecular weight is 443 g/mol. The summed E-state index contributed by atoms with van der Waals surface area (Å²) in [6, 6.07) is 14.8. The molecule has 0 bridgehead atoms. The zero-order chi connectivity index (χ0) is 22.6. The highest BCUT2D eigenvalue weighted by atomic mass is 32.2. The van der Waals surface area contributed by atoms with Crippen LogP contribution in [0.15, 0.2) is 62.8 Å². The Balaban J connectivity index is 1.60. The molecule has 3 aromatic rings. The van der Waals surface area contributed by atoms with Gasteiger partial charge in [0.05, 0.1) is 11.4 Å². The maximum atomic E-state index is 12.6. The van der Waals surface area contributed by atoms with Crippen molar-refractivity contribution < 1.29 is 12.8 Å². The molecule has 1 aromatic heterocycles. The van der Waals surface area contributed by atoms with Gasteiger partial charge in [0, 0.05) is 37.6 Å². The summed E-state index contributed by atoms with van der Waals surface area (Å²) in [5, 5.41) is 7.62. The number of fused-ring (bicyclic) bond motifs is 1. The highest BCUT2D eigenvalue weighted by Gasteiger charge is 2.22. The van der Waals surface area contributed by atoms with Gasteiger partial charge in [0.15, 0.2) is 5.96 Å². The molecule has 0 aliphatic heterocycles. The predicted octanol–water partition coefficient (Wildman–Crippen LogP) is 3.64. The summed E-state index contributed by atoms with van der Waals surface area (Å²) in [5.74, 6) is 1.50. The number of hydrogen-bond donors (Lipinski definition) is 2. The summed E-state index contributed by atoms with van der Waals surface area (Å²) >= 11 is 0. The number of aryl methyl sites for hydroxylation is 1. The Labute approximate surface area is 184 Å². The van der Waals surface area contributed by atoms with E-state index in [1.807, 2.05) is 57.2 Å². The molecule has 3 rings (SSSR count). The summed E-state index contributed by atoms with van der Waals surface area (Å²) in [6.07, 6.45) is 0. The number of guanidine groups is 1. The molecule has 0 unspecified atom stereocenters. The van der Waals surface area contributed by atoms with E-state index in [4.69, 9.17) is 4.42 Å². The monoisotopic (exact) mass is 442 g/mol. The van der Waals surface area contributed by atoms with E-state index in [0.29, 0.717) is 19.0 Å². The smallest absolute Gasteiger partial charge is 0.243 e. The zero-order valence-corrected chi connectivity index (χ0v) is 19.5. The summed E-state index contributed by atoms with van der Waals surface area (Å²) in [4.78, 5) is 4.54. The van der Waals surface area contributed by atoms with Crippen LogP contribution in [0.3, 0.4) is 0 Å². The summed E-state index contributed by atoms with van der Waals surface area (Å²) < 4.78 is 32.5. The van der Waals surface area contributed by atoms with Crippen molar-refractivity contribution in [3.05, 3.63) is 65.4 Å². The number of nitrogens with zero attached hydrogens (tertiary/aromatic N) is 2. The van der Waals surface area contributed by atoms with Gasteiger partial charge in [-0.15, -0.1) is 0 Å². The van der Waals surface area contributed by atoms with Crippen molar-refractivity contribution in [2.24, 2.45) is 4.99 Å². The number of benzene rings is 2. The molecule has 2 N–H and O–H groups in total. The van der Waals surface area contributed by atoms with E-state index in [1.165, 1.54) is 4.31 Å². The van der Waals surface area contributed by atoms with Crippen LogP contribution in [0.25, 0.3) is 11.0 Å². The molecule has 7 nitrogen and oxygen atoms in total. The van der Waals surface area contributed by atoms with Crippen molar-refractivity contribution in [1.82, 2.24) is 14.9 Å². The predicted molar refractivity (Wildman–Crippen MR) is 125 cm³/mol. The summed E-state index contributed by atoms with van der Waals surface area (Å²) in [6.45, 7) is 6.77. The van der Waals surface area contributed by atoms with Crippen LogP contribution in [0.5, 0.6) is 0 Å². The van der Waals surface area contributed by atoms with E-state index in [2.05, 4.69) is 15.6 Å². The Hall–Kier alpha value is -2.84. The van der Waals surface area contributed by atoms with Crippen LogP contribution in [-0.2, 0) is 23.1 Å². The number of rotatable bonds is 7. The van der Waals surface area contributed by atoms with Gasteiger partial charge in [-0.2, -0.15) is 4.31 Å². The van der Waals surface area contributed by atoms with Gasteiger partial charge in [-0.05, 0) is 44.5 Å². The highest BCUT2D eigenvalue weighted by molar-refractivity contribution is 7.89. The fraction of sp³-hybridized carbons (Fsp3) is 0.348. The van der Waals surface area contributed by atoms with E-state index in [1.54, 1.807) is 26.2 Å². The van der Waals surface area contributed by atoms with Crippen LogP contribution in [0.4, 0.5) is 0 Å². The van der Waals surface area contributed by atoms with Crippen LogP contribution in [-0.4, -0.2) is 38.8 Å². The van der Waals surface area contributed by atoms with Gasteiger partial charge in [0.2, 0.25) is 10.0 Å². The lowest BCUT2D eigenvalue weighted by atomic mass is 10.1. The van der Waals surface area contributed by atoms with Gasteiger partial charge >= 0.3 is 0 Å². The van der Waals surface area contributed by atoms with E-state index in [9.17, 15) is 8.42 Å².